The molecule has 1 atom stereocenters. The highest BCUT2D eigenvalue weighted by atomic mass is 32.2. The number of aryl methyl sites for hydroxylation is 3. The summed E-state index contributed by atoms with van der Waals surface area (Å²) in [5, 5.41) is 0. The molecule has 0 spiro atoms. The van der Waals surface area contributed by atoms with E-state index >= 15 is 0 Å². The van der Waals surface area contributed by atoms with E-state index in [0.29, 0.717) is 13.1 Å². The Kier molecular flexibility index (Phi) is 5.69. The summed E-state index contributed by atoms with van der Waals surface area (Å²) in [5.74, 6) is -0.547. The van der Waals surface area contributed by atoms with E-state index in [0.717, 1.165) is 27.8 Å². The number of fused-ring (bicyclic) bond motifs is 1. The number of amides is 1. The van der Waals surface area contributed by atoms with E-state index in [2.05, 4.69) is 42.5 Å². The van der Waals surface area contributed by atoms with Gasteiger partial charge in [0.05, 0.1) is 4.90 Å². The van der Waals surface area contributed by atoms with E-state index < -0.39 is 21.5 Å². The summed E-state index contributed by atoms with van der Waals surface area (Å²) in [7, 11) is -3.98. The Morgan fingerprint density at radius 3 is 2.22 bits per heavy atom. The van der Waals surface area contributed by atoms with Crippen molar-refractivity contribution in [2.75, 3.05) is 0 Å². The fraction of sp³-hybridized carbons (Fsp3) is 0.269. The molecule has 3 aromatic carbocycles. The van der Waals surface area contributed by atoms with Crippen LogP contribution in [0.15, 0.2) is 71.6 Å². The first-order valence-electron chi connectivity index (χ1n) is 10.7. The van der Waals surface area contributed by atoms with Gasteiger partial charge in [0.1, 0.15) is 5.54 Å². The maximum Gasteiger partial charge on any atom is 0.264 e. The zero-order valence-electron chi connectivity index (χ0n) is 18.8. The van der Waals surface area contributed by atoms with Crippen molar-refractivity contribution in [3.63, 3.8) is 0 Å². The summed E-state index contributed by atoms with van der Waals surface area (Å²) in [6.45, 7) is 9.15. The molecule has 1 N–H and O–H groups in total. The van der Waals surface area contributed by atoms with Crippen LogP contribution < -0.4 is 4.72 Å². The second-order valence-corrected chi connectivity index (χ2v) is 10.4. The molecular weight excluding hydrogens is 420 g/mol. The van der Waals surface area contributed by atoms with Crippen molar-refractivity contribution in [2.45, 2.75) is 51.2 Å². The predicted octanol–water partition coefficient (Wildman–Crippen LogP) is 4.35. The second-order valence-electron chi connectivity index (χ2n) is 8.71. The summed E-state index contributed by atoms with van der Waals surface area (Å²) < 4.78 is 28.2. The molecule has 1 amide bonds. The van der Waals surface area contributed by atoms with Gasteiger partial charge in [0.25, 0.3) is 15.9 Å². The maximum atomic E-state index is 13.6. The highest BCUT2D eigenvalue weighted by Crippen LogP contribution is 2.41. The first-order valence-corrected chi connectivity index (χ1v) is 12.1. The minimum atomic E-state index is -3.98. The Bertz CT molecular complexity index is 1260. The van der Waals surface area contributed by atoms with E-state index in [-0.39, 0.29) is 4.90 Å². The minimum absolute atomic E-state index is 0.0694. The van der Waals surface area contributed by atoms with Crippen LogP contribution in [0.25, 0.3) is 0 Å². The molecule has 1 heterocycles. The zero-order valence-corrected chi connectivity index (χ0v) is 19.7. The van der Waals surface area contributed by atoms with Gasteiger partial charge in [-0.3, -0.25) is 9.69 Å². The normalized spacial score (nSPS) is 18.4. The van der Waals surface area contributed by atoms with Crippen molar-refractivity contribution in [1.82, 2.24) is 9.62 Å². The zero-order chi connectivity index (χ0) is 23.1. The Balaban J connectivity index is 1.73. The highest BCUT2D eigenvalue weighted by Gasteiger charge is 2.48. The number of sulfonamides is 1. The molecule has 5 nitrogen and oxygen atoms in total. The minimum Gasteiger partial charge on any atom is -0.277 e. The van der Waals surface area contributed by atoms with Gasteiger partial charge in [-0.15, -0.1) is 0 Å². The number of nitrogens with one attached hydrogen (secondary N) is 1. The lowest BCUT2D eigenvalue weighted by molar-refractivity contribution is -0.131. The molecule has 0 saturated heterocycles. The van der Waals surface area contributed by atoms with Gasteiger partial charge in [-0.25, -0.2) is 13.1 Å². The molecule has 1 aliphatic rings. The molecule has 166 valence electrons. The number of rotatable bonds is 5. The van der Waals surface area contributed by atoms with Crippen LogP contribution in [0.4, 0.5) is 0 Å². The molecule has 0 radical (unpaired) electrons. The summed E-state index contributed by atoms with van der Waals surface area (Å²) in [6.07, 6.45) is 0. The predicted molar refractivity (Wildman–Crippen MR) is 125 cm³/mol. The average molecular weight is 449 g/mol. The van der Waals surface area contributed by atoms with Crippen molar-refractivity contribution >= 4 is 15.9 Å². The summed E-state index contributed by atoms with van der Waals surface area (Å²) >= 11 is 0. The lowest BCUT2D eigenvalue weighted by Gasteiger charge is -2.35. The van der Waals surface area contributed by atoms with Gasteiger partial charge in [-0.2, -0.15) is 0 Å². The molecule has 6 heteroatoms. The summed E-state index contributed by atoms with van der Waals surface area (Å²) in [4.78, 5) is 15.7. The van der Waals surface area contributed by atoms with Crippen LogP contribution in [-0.4, -0.2) is 19.2 Å². The Morgan fingerprint density at radius 1 is 0.969 bits per heavy atom. The number of carbonyl (C=O) groups excluding carboxylic acids is 1. The fourth-order valence-corrected chi connectivity index (χ4v) is 5.75. The lowest BCUT2D eigenvalue weighted by atomic mass is 9.90. The van der Waals surface area contributed by atoms with Gasteiger partial charge in [-0.1, -0.05) is 60.2 Å². The molecular formula is C26H28N2O3S. The van der Waals surface area contributed by atoms with Crippen molar-refractivity contribution in [3.8, 4) is 0 Å². The van der Waals surface area contributed by atoms with Gasteiger partial charge in [0.2, 0.25) is 0 Å². The third-order valence-corrected chi connectivity index (χ3v) is 7.79. The SMILES string of the molecule is Cc1cc(C)c(CN2Cc3ccccc3C2(C)C(=O)NS(=O)(=O)c2ccccc2)c(C)c1. The molecule has 32 heavy (non-hydrogen) atoms. The van der Waals surface area contributed by atoms with Crippen LogP contribution in [0, 0.1) is 20.8 Å². The molecule has 4 rings (SSSR count). The molecule has 3 aromatic rings. The third kappa shape index (κ3) is 3.85. The van der Waals surface area contributed by atoms with Crippen LogP contribution in [0.1, 0.15) is 40.3 Å². The first kappa shape index (κ1) is 22.2. The van der Waals surface area contributed by atoms with Crippen molar-refractivity contribution < 1.29 is 13.2 Å². The topological polar surface area (TPSA) is 66.5 Å². The molecule has 0 aliphatic carbocycles. The van der Waals surface area contributed by atoms with E-state index in [1.165, 1.54) is 17.7 Å². The Labute approximate surface area is 190 Å². The van der Waals surface area contributed by atoms with Crippen LogP contribution in [0.5, 0.6) is 0 Å². The number of hydrogen-bond donors (Lipinski definition) is 1. The summed E-state index contributed by atoms with van der Waals surface area (Å²) in [6, 6.07) is 20.0. The second kappa shape index (κ2) is 8.19. The average Bonchev–Trinajstić information content (AvgIpc) is 3.04. The number of nitrogens with zero attached hydrogens (tertiary/aromatic N) is 1. The van der Waals surface area contributed by atoms with Crippen LogP contribution in [0.2, 0.25) is 0 Å². The number of hydrogen-bond acceptors (Lipinski definition) is 4. The maximum absolute atomic E-state index is 13.6. The molecule has 1 unspecified atom stereocenters. The smallest absolute Gasteiger partial charge is 0.264 e. The van der Waals surface area contributed by atoms with Crippen molar-refractivity contribution in [3.05, 3.63) is 100 Å². The molecule has 0 aromatic heterocycles. The van der Waals surface area contributed by atoms with E-state index in [1.807, 2.05) is 31.2 Å². The molecule has 0 fully saturated rings. The fourth-order valence-electron chi connectivity index (χ4n) is 4.68. The van der Waals surface area contributed by atoms with Gasteiger partial charge in [0, 0.05) is 13.1 Å². The quantitative estimate of drug-likeness (QED) is 0.630. The van der Waals surface area contributed by atoms with Crippen LogP contribution in [-0.2, 0) is 33.4 Å². The number of benzene rings is 3. The lowest BCUT2D eigenvalue weighted by Crippen LogP contribution is -2.52. The van der Waals surface area contributed by atoms with Crippen LogP contribution in [0.3, 0.4) is 0 Å². The van der Waals surface area contributed by atoms with Gasteiger partial charge in [0.15, 0.2) is 0 Å². The number of carbonyl (C=O) groups is 1. The third-order valence-electron chi connectivity index (χ3n) is 6.45. The van der Waals surface area contributed by atoms with E-state index in [4.69, 9.17) is 0 Å². The standard InChI is InChI=1S/C26H28N2O3S/c1-18-14-19(2)23(20(3)15-18)17-28-16-21-10-8-9-13-24(21)26(28,4)25(29)27-32(30,31)22-11-6-5-7-12-22/h5-15H,16-17H2,1-4H3,(H,27,29). The Morgan fingerprint density at radius 2 is 1.56 bits per heavy atom. The van der Waals surface area contributed by atoms with E-state index in [1.54, 1.807) is 18.2 Å². The van der Waals surface area contributed by atoms with Gasteiger partial charge in [-0.05, 0) is 67.6 Å². The first-order chi connectivity index (χ1) is 15.1. The highest BCUT2D eigenvalue weighted by molar-refractivity contribution is 7.90. The monoisotopic (exact) mass is 448 g/mol. The Hall–Kier alpha value is -2.96. The van der Waals surface area contributed by atoms with Crippen LogP contribution >= 0.6 is 0 Å². The van der Waals surface area contributed by atoms with Gasteiger partial charge >= 0.3 is 0 Å². The van der Waals surface area contributed by atoms with Crippen molar-refractivity contribution in [2.24, 2.45) is 0 Å². The molecule has 0 saturated carbocycles. The molecule has 0 bridgehead atoms. The molecule has 1 aliphatic heterocycles. The van der Waals surface area contributed by atoms with Gasteiger partial charge < -0.3 is 0 Å². The summed E-state index contributed by atoms with van der Waals surface area (Å²) in [5.41, 5.74) is 5.43. The van der Waals surface area contributed by atoms with Crippen molar-refractivity contribution in [1.29, 1.82) is 0 Å². The largest absolute Gasteiger partial charge is 0.277 e. The van der Waals surface area contributed by atoms with E-state index in [9.17, 15) is 13.2 Å².